The Morgan fingerprint density at radius 3 is 2.24 bits per heavy atom. The number of ether oxygens (including phenoxy) is 3. The predicted molar refractivity (Wildman–Crippen MR) is 93.0 cm³/mol. The number of hydrogen-bond donors (Lipinski definition) is 2. The summed E-state index contributed by atoms with van der Waals surface area (Å²) in [6.45, 7) is 0.305. The van der Waals surface area contributed by atoms with Crippen molar-refractivity contribution in [1.82, 2.24) is 0 Å². The van der Waals surface area contributed by atoms with Crippen LogP contribution in [0.1, 0.15) is 11.9 Å². The summed E-state index contributed by atoms with van der Waals surface area (Å²) < 4.78 is 17.6. The van der Waals surface area contributed by atoms with E-state index < -0.39 is 36.1 Å². The van der Waals surface area contributed by atoms with Crippen molar-refractivity contribution in [2.24, 2.45) is 0 Å². The van der Waals surface area contributed by atoms with E-state index in [9.17, 15) is 10.2 Å². The van der Waals surface area contributed by atoms with Gasteiger partial charge < -0.3 is 24.4 Å². The second-order valence-corrected chi connectivity index (χ2v) is 7.30. The lowest BCUT2D eigenvalue weighted by atomic mass is 9.99. The highest BCUT2D eigenvalue weighted by Gasteiger charge is 2.49. The summed E-state index contributed by atoms with van der Waals surface area (Å²) in [5.41, 5.74) is 0.308. The molecule has 0 radical (unpaired) electrons. The maximum Gasteiger partial charge on any atom is 0.184 e. The molecule has 2 aromatic carbocycles. The van der Waals surface area contributed by atoms with Crippen molar-refractivity contribution in [3.05, 3.63) is 66.2 Å². The highest BCUT2D eigenvalue weighted by atomic mass is 32.2. The lowest BCUT2D eigenvalue weighted by Gasteiger charge is -2.46. The van der Waals surface area contributed by atoms with E-state index in [0.29, 0.717) is 6.61 Å². The normalized spacial score (nSPS) is 35.1. The number of benzene rings is 2. The van der Waals surface area contributed by atoms with E-state index in [-0.39, 0.29) is 0 Å². The molecule has 25 heavy (non-hydrogen) atoms. The first-order chi connectivity index (χ1) is 12.2. The molecule has 2 aliphatic heterocycles. The topological polar surface area (TPSA) is 68.2 Å². The van der Waals surface area contributed by atoms with Gasteiger partial charge in [-0.2, -0.15) is 0 Å². The molecular weight excluding hydrogens is 340 g/mol. The molecule has 0 aliphatic carbocycles. The molecule has 6 heteroatoms. The molecule has 0 aromatic heterocycles. The number of hydrogen-bond acceptors (Lipinski definition) is 6. The fourth-order valence-electron chi connectivity index (χ4n) is 3.09. The van der Waals surface area contributed by atoms with E-state index in [2.05, 4.69) is 0 Å². The molecule has 2 aliphatic rings. The maximum absolute atomic E-state index is 10.6. The van der Waals surface area contributed by atoms with Crippen molar-refractivity contribution in [1.29, 1.82) is 0 Å². The van der Waals surface area contributed by atoms with Crippen LogP contribution in [0.3, 0.4) is 0 Å². The van der Waals surface area contributed by atoms with Crippen LogP contribution in [0.5, 0.6) is 0 Å². The third kappa shape index (κ3) is 3.60. The van der Waals surface area contributed by atoms with Crippen molar-refractivity contribution in [2.75, 3.05) is 6.61 Å². The zero-order valence-electron chi connectivity index (χ0n) is 13.5. The molecule has 2 fully saturated rings. The van der Waals surface area contributed by atoms with Gasteiger partial charge in [-0.15, -0.1) is 0 Å². The first kappa shape index (κ1) is 17.0. The number of aliphatic hydroxyl groups is 2. The molecular formula is C19H20O5S. The average molecular weight is 360 g/mol. The molecule has 2 heterocycles. The Morgan fingerprint density at radius 2 is 1.52 bits per heavy atom. The number of aliphatic hydroxyl groups excluding tert-OH is 2. The smallest absolute Gasteiger partial charge is 0.184 e. The third-order valence-corrected chi connectivity index (χ3v) is 5.57. The van der Waals surface area contributed by atoms with Gasteiger partial charge in [-0.3, -0.25) is 0 Å². The summed E-state index contributed by atoms with van der Waals surface area (Å²) in [6, 6.07) is 19.2. The molecule has 0 saturated carbocycles. The van der Waals surface area contributed by atoms with Gasteiger partial charge in [0.1, 0.15) is 29.9 Å². The van der Waals surface area contributed by atoms with E-state index in [4.69, 9.17) is 14.2 Å². The molecule has 2 aromatic rings. The van der Waals surface area contributed by atoms with Gasteiger partial charge in [-0.05, 0) is 12.1 Å². The summed E-state index contributed by atoms with van der Waals surface area (Å²) in [6.07, 6.45) is -3.68. The average Bonchev–Trinajstić information content (AvgIpc) is 2.67. The van der Waals surface area contributed by atoms with Gasteiger partial charge in [0.25, 0.3) is 0 Å². The van der Waals surface area contributed by atoms with Crippen molar-refractivity contribution in [3.63, 3.8) is 0 Å². The molecule has 0 bridgehead atoms. The Labute approximate surface area is 150 Å². The van der Waals surface area contributed by atoms with Crippen LogP contribution in [-0.2, 0) is 14.2 Å². The summed E-state index contributed by atoms with van der Waals surface area (Å²) in [5.74, 6) is 0. The van der Waals surface area contributed by atoms with E-state index in [1.165, 1.54) is 11.8 Å². The zero-order chi connectivity index (χ0) is 17.2. The summed E-state index contributed by atoms with van der Waals surface area (Å²) in [7, 11) is 0. The molecule has 0 amide bonds. The largest absolute Gasteiger partial charge is 0.387 e. The van der Waals surface area contributed by atoms with Crippen LogP contribution in [0.2, 0.25) is 0 Å². The van der Waals surface area contributed by atoms with Gasteiger partial charge in [-0.25, -0.2) is 0 Å². The second-order valence-electron chi connectivity index (χ2n) is 6.13. The van der Waals surface area contributed by atoms with Gasteiger partial charge >= 0.3 is 0 Å². The summed E-state index contributed by atoms with van der Waals surface area (Å²) in [5, 5.41) is 21.0. The minimum absolute atomic E-state index is 0.305. The Kier molecular flexibility index (Phi) is 5.08. The minimum Gasteiger partial charge on any atom is -0.387 e. The number of fused-ring (bicyclic) bond motifs is 1. The Hall–Kier alpha value is -1.41. The standard InChI is InChI=1S/C19H20O5S/c20-15-16(21)19(25-13-9-5-2-6-10-13)23-14-11-22-18(24-17(14)15)12-7-3-1-4-8-12/h1-10,14-21H,11H2/t14?,15-,16?,17+,18?,19+/m1/s1. The van der Waals surface area contributed by atoms with Crippen LogP contribution in [0, 0.1) is 0 Å². The molecule has 5 nitrogen and oxygen atoms in total. The Morgan fingerprint density at radius 1 is 0.840 bits per heavy atom. The van der Waals surface area contributed by atoms with E-state index in [1.807, 2.05) is 60.7 Å². The van der Waals surface area contributed by atoms with Gasteiger partial charge in [0, 0.05) is 10.5 Å². The van der Waals surface area contributed by atoms with Crippen LogP contribution in [0.4, 0.5) is 0 Å². The molecule has 2 N–H and O–H groups in total. The van der Waals surface area contributed by atoms with Crippen molar-refractivity contribution in [3.8, 4) is 0 Å². The molecule has 0 spiro atoms. The Bertz CT molecular complexity index is 681. The van der Waals surface area contributed by atoms with E-state index in [1.54, 1.807) is 0 Å². The zero-order valence-corrected chi connectivity index (χ0v) is 14.3. The van der Waals surface area contributed by atoms with Gasteiger partial charge in [0.15, 0.2) is 6.29 Å². The van der Waals surface area contributed by atoms with Crippen LogP contribution < -0.4 is 0 Å². The first-order valence-corrected chi connectivity index (χ1v) is 9.15. The van der Waals surface area contributed by atoms with Crippen molar-refractivity contribution < 1.29 is 24.4 Å². The summed E-state index contributed by atoms with van der Waals surface area (Å²) >= 11 is 1.39. The monoisotopic (exact) mass is 360 g/mol. The fraction of sp³-hybridized carbons (Fsp3) is 0.368. The maximum atomic E-state index is 10.6. The highest BCUT2D eigenvalue weighted by molar-refractivity contribution is 7.99. The number of thioether (sulfide) groups is 1. The first-order valence-electron chi connectivity index (χ1n) is 8.28. The van der Waals surface area contributed by atoms with Crippen LogP contribution >= 0.6 is 11.8 Å². The minimum atomic E-state index is -1.04. The SMILES string of the molecule is OC1[C@@H](O)[C@H]2OC(c3ccccc3)OCC2O[C@H]1Sc1ccccc1. The van der Waals surface area contributed by atoms with Crippen molar-refractivity contribution in [2.45, 2.75) is 41.0 Å². The second kappa shape index (κ2) is 7.45. The fourth-order valence-corrected chi connectivity index (χ4v) is 4.17. The van der Waals surface area contributed by atoms with E-state index >= 15 is 0 Å². The predicted octanol–water partition coefficient (Wildman–Crippen LogP) is 2.34. The quantitative estimate of drug-likeness (QED) is 0.876. The molecule has 4 rings (SSSR count). The lowest BCUT2D eigenvalue weighted by Crippen LogP contribution is -2.60. The van der Waals surface area contributed by atoms with Gasteiger partial charge in [0.05, 0.1) is 6.61 Å². The van der Waals surface area contributed by atoms with Crippen molar-refractivity contribution >= 4 is 11.8 Å². The van der Waals surface area contributed by atoms with E-state index in [0.717, 1.165) is 10.5 Å². The summed E-state index contributed by atoms with van der Waals surface area (Å²) in [4.78, 5) is 0.969. The highest BCUT2D eigenvalue weighted by Crippen LogP contribution is 2.38. The molecule has 2 saturated heterocycles. The van der Waals surface area contributed by atoms with Gasteiger partial charge in [0.2, 0.25) is 0 Å². The molecule has 6 atom stereocenters. The van der Waals surface area contributed by atoms with Crippen LogP contribution in [-0.4, -0.2) is 46.7 Å². The van der Waals surface area contributed by atoms with Gasteiger partial charge in [-0.1, -0.05) is 60.3 Å². The third-order valence-electron chi connectivity index (χ3n) is 4.40. The Balaban J connectivity index is 1.46. The number of rotatable bonds is 3. The van der Waals surface area contributed by atoms with Crippen LogP contribution in [0.15, 0.2) is 65.6 Å². The molecule has 3 unspecified atom stereocenters. The van der Waals surface area contributed by atoms with Crippen LogP contribution in [0.25, 0.3) is 0 Å². The molecule has 132 valence electrons. The lowest BCUT2D eigenvalue weighted by molar-refractivity contribution is -0.318.